The molecule has 3 N–H and O–H groups in total. The second-order valence-corrected chi connectivity index (χ2v) is 7.77. The molecular weight excluding hydrogens is 430 g/mol. The van der Waals surface area contributed by atoms with Crippen molar-refractivity contribution in [3.8, 4) is 45.6 Å². The van der Waals surface area contributed by atoms with Crippen molar-refractivity contribution >= 4 is 22.5 Å². The smallest absolute Gasteiger partial charge is 0.227 e. The molecule has 0 atom stereocenters. The number of nitrogens with zero attached hydrogens (tertiary/aromatic N) is 1. The van der Waals surface area contributed by atoms with Crippen LogP contribution in [-0.4, -0.2) is 27.2 Å². The summed E-state index contributed by atoms with van der Waals surface area (Å²) in [7, 11) is 1.59. The molecule has 0 saturated carbocycles. The van der Waals surface area contributed by atoms with Gasteiger partial charge in [0.05, 0.1) is 7.11 Å². The van der Waals surface area contributed by atoms with Gasteiger partial charge in [-0.3, -0.25) is 4.79 Å². The van der Waals surface area contributed by atoms with Gasteiger partial charge in [-0.15, -0.1) is 0 Å². The zero-order chi connectivity index (χ0) is 22.4. The Morgan fingerprint density at radius 2 is 1.91 bits per heavy atom. The molecule has 8 heteroatoms. The number of ether oxygens (including phenoxy) is 1. The number of rotatable bonds is 4. The molecule has 3 aromatic heterocycles. The van der Waals surface area contributed by atoms with E-state index in [-0.39, 0.29) is 5.76 Å². The third-order valence-corrected chi connectivity index (χ3v) is 5.47. The Labute approximate surface area is 187 Å². The van der Waals surface area contributed by atoms with Crippen LogP contribution in [-0.2, 0) is 0 Å². The van der Waals surface area contributed by atoms with Crippen molar-refractivity contribution in [3.05, 3.63) is 75.7 Å². The highest BCUT2D eigenvalue weighted by Crippen LogP contribution is 2.38. The predicted molar refractivity (Wildman–Crippen MR) is 123 cm³/mol. The van der Waals surface area contributed by atoms with E-state index in [2.05, 4.69) is 9.97 Å². The zero-order valence-electron chi connectivity index (χ0n) is 17.2. The molecule has 0 radical (unpaired) electrons. The SMILES string of the molecule is COc1ccc(-c2nc(-c3c[nH]c4cc(Cl)ccc34)[nH]c2-c2oc(C)cc(=O)c2O)cc1. The van der Waals surface area contributed by atoms with Gasteiger partial charge in [0.2, 0.25) is 11.2 Å². The number of imidazole rings is 1. The highest BCUT2D eigenvalue weighted by atomic mass is 35.5. The van der Waals surface area contributed by atoms with Gasteiger partial charge >= 0.3 is 0 Å². The van der Waals surface area contributed by atoms with E-state index < -0.39 is 11.2 Å². The Balaban J connectivity index is 1.76. The second kappa shape index (κ2) is 7.62. The summed E-state index contributed by atoms with van der Waals surface area (Å²) in [5.41, 5.74) is 2.83. The molecule has 0 fully saturated rings. The van der Waals surface area contributed by atoms with E-state index in [4.69, 9.17) is 25.7 Å². The lowest BCUT2D eigenvalue weighted by molar-refractivity contribution is 0.415. The number of H-pyrrole nitrogens is 2. The molecule has 7 nitrogen and oxygen atoms in total. The average molecular weight is 448 g/mol. The van der Waals surface area contributed by atoms with Gasteiger partial charge in [0.1, 0.15) is 28.7 Å². The Kier molecular flexibility index (Phi) is 4.75. The minimum absolute atomic E-state index is 0.0300. The van der Waals surface area contributed by atoms with Gasteiger partial charge in [-0.25, -0.2) is 4.98 Å². The van der Waals surface area contributed by atoms with Crippen LogP contribution in [0, 0.1) is 6.92 Å². The molecule has 160 valence electrons. The molecule has 3 heterocycles. The summed E-state index contributed by atoms with van der Waals surface area (Å²) >= 11 is 6.11. The molecule has 0 unspecified atom stereocenters. The van der Waals surface area contributed by atoms with Crippen LogP contribution < -0.4 is 10.2 Å². The fraction of sp³-hybridized carbons (Fsp3) is 0.0833. The molecule has 2 aromatic carbocycles. The van der Waals surface area contributed by atoms with Crippen LogP contribution >= 0.6 is 11.6 Å². The number of aromatic nitrogens is 3. The van der Waals surface area contributed by atoms with E-state index in [1.807, 2.05) is 42.6 Å². The number of nitrogens with one attached hydrogen (secondary N) is 2. The van der Waals surface area contributed by atoms with Gasteiger partial charge in [0, 0.05) is 39.3 Å². The van der Waals surface area contributed by atoms with Gasteiger partial charge < -0.3 is 24.2 Å². The monoisotopic (exact) mass is 447 g/mol. The number of fused-ring (bicyclic) bond motifs is 1. The molecule has 0 spiro atoms. The van der Waals surface area contributed by atoms with E-state index in [9.17, 15) is 9.90 Å². The molecule has 5 aromatic rings. The fourth-order valence-electron chi connectivity index (χ4n) is 3.69. The number of halogens is 1. The number of hydrogen-bond acceptors (Lipinski definition) is 5. The van der Waals surface area contributed by atoms with E-state index in [1.54, 1.807) is 20.1 Å². The molecule has 0 amide bonds. The molecule has 0 aliphatic rings. The van der Waals surface area contributed by atoms with E-state index in [1.165, 1.54) is 6.07 Å². The number of benzene rings is 2. The van der Waals surface area contributed by atoms with Crippen LogP contribution in [0.5, 0.6) is 11.5 Å². The number of aromatic amines is 2. The first-order chi connectivity index (χ1) is 15.4. The minimum atomic E-state index is -0.526. The summed E-state index contributed by atoms with van der Waals surface area (Å²) in [5, 5.41) is 12.0. The van der Waals surface area contributed by atoms with Crippen LogP contribution in [0.4, 0.5) is 0 Å². The molecule has 0 aliphatic heterocycles. The lowest BCUT2D eigenvalue weighted by atomic mass is 10.1. The van der Waals surface area contributed by atoms with E-state index >= 15 is 0 Å². The first-order valence-electron chi connectivity index (χ1n) is 9.80. The van der Waals surface area contributed by atoms with Crippen molar-refractivity contribution in [2.75, 3.05) is 7.11 Å². The normalized spacial score (nSPS) is 11.2. The van der Waals surface area contributed by atoms with Gasteiger partial charge in [-0.1, -0.05) is 17.7 Å². The van der Waals surface area contributed by atoms with Crippen LogP contribution in [0.2, 0.25) is 5.02 Å². The quantitative estimate of drug-likeness (QED) is 0.336. The van der Waals surface area contributed by atoms with Gasteiger partial charge in [0.25, 0.3) is 0 Å². The third-order valence-electron chi connectivity index (χ3n) is 5.24. The lowest BCUT2D eigenvalue weighted by Crippen LogP contribution is -2.01. The number of aryl methyl sites for hydroxylation is 1. The van der Waals surface area contributed by atoms with Gasteiger partial charge in [-0.05, 0) is 43.3 Å². The fourth-order valence-corrected chi connectivity index (χ4v) is 3.86. The summed E-state index contributed by atoms with van der Waals surface area (Å²) in [5.74, 6) is 1.17. The first-order valence-corrected chi connectivity index (χ1v) is 10.2. The Morgan fingerprint density at radius 1 is 1.12 bits per heavy atom. The van der Waals surface area contributed by atoms with Crippen LogP contribution in [0.1, 0.15) is 5.76 Å². The minimum Gasteiger partial charge on any atom is -0.501 e. The highest BCUT2D eigenvalue weighted by Gasteiger charge is 2.23. The molecule has 0 saturated heterocycles. The topological polar surface area (TPSA) is 104 Å². The number of methoxy groups -OCH3 is 1. The summed E-state index contributed by atoms with van der Waals surface area (Å²) in [6.45, 7) is 1.65. The second-order valence-electron chi connectivity index (χ2n) is 7.33. The van der Waals surface area contributed by atoms with Crippen LogP contribution in [0.3, 0.4) is 0 Å². The molecular formula is C24H18ClN3O4. The van der Waals surface area contributed by atoms with E-state index in [0.29, 0.717) is 33.7 Å². The van der Waals surface area contributed by atoms with Crippen molar-refractivity contribution in [1.29, 1.82) is 0 Å². The maximum atomic E-state index is 12.2. The lowest BCUT2D eigenvalue weighted by Gasteiger charge is -2.06. The molecule has 0 bridgehead atoms. The molecule has 32 heavy (non-hydrogen) atoms. The van der Waals surface area contributed by atoms with E-state index in [0.717, 1.165) is 22.0 Å². The highest BCUT2D eigenvalue weighted by molar-refractivity contribution is 6.31. The predicted octanol–water partition coefficient (Wildman–Crippen LogP) is 5.52. The largest absolute Gasteiger partial charge is 0.501 e. The molecule has 5 rings (SSSR count). The average Bonchev–Trinajstić information content (AvgIpc) is 3.40. The zero-order valence-corrected chi connectivity index (χ0v) is 17.9. The maximum absolute atomic E-state index is 12.2. The van der Waals surface area contributed by atoms with Crippen molar-refractivity contribution in [1.82, 2.24) is 15.0 Å². The summed E-state index contributed by atoms with van der Waals surface area (Å²) < 4.78 is 11.0. The standard InChI is InChI=1S/C24H18ClN3O4/c1-12-9-19(29)22(30)23(32-12)21-20(13-3-6-15(31-2)7-4-13)27-24(28-21)17-11-26-18-10-14(25)5-8-16(17)18/h3-11,26,30H,1-2H3,(H,27,28). The first kappa shape index (κ1) is 20.0. The van der Waals surface area contributed by atoms with Gasteiger partial charge in [0.15, 0.2) is 5.76 Å². The summed E-state index contributed by atoms with van der Waals surface area (Å²) in [4.78, 5) is 23.5. The summed E-state index contributed by atoms with van der Waals surface area (Å²) in [6.07, 6.45) is 1.83. The van der Waals surface area contributed by atoms with Crippen molar-refractivity contribution in [2.24, 2.45) is 0 Å². The third kappa shape index (κ3) is 3.33. The summed E-state index contributed by atoms with van der Waals surface area (Å²) in [6, 6.07) is 14.1. The number of hydrogen-bond donors (Lipinski definition) is 3. The molecule has 0 aliphatic carbocycles. The van der Waals surface area contributed by atoms with Crippen LogP contribution in [0.15, 0.2) is 63.9 Å². The maximum Gasteiger partial charge on any atom is 0.227 e. The van der Waals surface area contributed by atoms with Crippen molar-refractivity contribution < 1.29 is 14.3 Å². The van der Waals surface area contributed by atoms with Crippen molar-refractivity contribution in [3.63, 3.8) is 0 Å². The van der Waals surface area contributed by atoms with Crippen molar-refractivity contribution in [2.45, 2.75) is 6.92 Å². The Bertz CT molecular complexity index is 1510. The Hall–Kier alpha value is -3.97. The van der Waals surface area contributed by atoms with Gasteiger partial charge in [-0.2, -0.15) is 0 Å². The Morgan fingerprint density at radius 3 is 2.66 bits per heavy atom. The number of aromatic hydroxyl groups is 1. The van der Waals surface area contributed by atoms with Crippen LogP contribution in [0.25, 0.3) is 45.0 Å².